The van der Waals surface area contributed by atoms with Gasteiger partial charge in [0.2, 0.25) is 0 Å². The molecule has 1 heterocycles. The number of benzene rings is 2. The number of halogens is 1. The van der Waals surface area contributed by atoms with Gasteiger partial charge in [0, 0.05) is 12.6 Å². The van der Waals surface area contributed by atoms with Crippen molar-refractivity contribution in [1.29, 1.82) is 0 Å². The van der Waals surface area contributed by atoms with Crippen molar-refractivity contribution in [3.8, 4) is 11.1 Å². The van der Waals surface area contributed by atoms with Gasteiger partial charge in [-0.15, -0.1) is 12.4 Å². The van der Waals surface area contributed by atoms with Gasteiger partial charge in [0.15, 0.2) is 0 Å². The third-order valence-corrected chi connectivity index (χ3v) is 4.86. The third kappa shape index (κ3) is 5.04. The van der Waals surface area contributed by atoms with Crippen LogP contribution in [0.4, 0.5) is 5.69 Å². The van der Waals surface area contributed by atoms with E-state index in [0.717, 1.165) is 25.2 Å². The predicted octanol–water partition coefficient (Wildman–Crippen LogP) is 4.59. The Hall–Kier alpha value is -1.95. The number of rotatable bonds is 6. The molecule has 1 atom stereocenters. The van der Waals surface area contributed by atoms with E-state index in [2.05, 4.69) is 4.90 Å². The van der Waals surface area contributed by atoms with E-state index in [1.54, 1.807) is 12.1 Å². The Bertz CT molecular complexity index is 718. The number of hydrogen-bond acceptors (Lipinski definition) is 4. The summed E-state index contributed by atoms with van der Waals surface area (Å²) in [5.74, 6) is 0. The SMILES string of the molecule is Cl.O=[N+]([O-])c1cc(C(O)CCN2CCCCC2)ccc1-c1ccccc1. The second-order valence-corrected chi connectivity index (χ2v) is 6.61. The molecule has 1 aliphatic heterocycles. The second kappa shape index (κ2) is 9.67. The highest BCUT2D eigenvalue weighted by Gasteiger charge is 2.20. The summed E-state index contributed by atoms with van der Waals surface area (Å²) in [6, 6.07) is 14.4. The first-order valence-electron chi connectivity index (χ1n) is 8.89. The van der Waals surface area contributed by atoms with Crippen molar-refractivity contribution in [1.82, 2.24) is 4.90 Å². The van der Waals surface area contributed by atoms with Gasteiger partial charge in [-0.05, 0) is 49.5 Å². The Morgan fingerprint density at radius 3 is 2.42 bits per heavy atom. The zero-order valence-electron chi connectivity index (χ0n) is 14.7. The maximum absolute atomic E-state index is 11.5. The van der Waals surface area contributed by atoms with E-state index in [4.69, 9.17) is 0 Å². The van der Waals surface area contributed by atoms with Crippen molar-refractivity contribution < 1.29 is 10.0 Å². The van der Waals surface area contributed by atoms with E-state index in [9.17, 15) is 15.2 Å². The standard InChI is InChI=1S/C20H24N2O3.ClH/c23-20(11-14-21-12-5-2-6-13-21)17-9-10-18(19(15-17)22(24)25)16-7-3-1-4-8-16;/h1,3-4,7-10,15,20,23H,2,5-6,11-14H2;1H. The molecule has 1 fully saturated rings. The molecule has 2 aromatic rings. The Labute approximate surface area is 160 Å². The first-order chi connectivity index (χ1) is 12.1. The predicted molar refractivity (Wildman–Crippen MR) is 106 cm³/mol. The minimum absolute atomic E-state index is 0. The van der Waals surface area contributed by atoms with Gasteiger partial charge in [-0.3, -0.25) is 10.1 Å². The van der Waals surface area contributed by atoms with Gasteiger partial charge >= 0.3 is 0 Å². The lowest BCUT2D eigenvalue weighted by atomic mass is 9.98. The first-order valence-corrected chi connectivity index (χ1v) is 8.89. The largest absolute Gasteiger partial charge is 0.388 e. The van der Waals surface area contributed by atoms with Crippen LogP contribution in [0.3, 0.4) is 0 Å². The lowest BCUT2D eigenvalue weighted by Crippen LogP contribution is -2.31. The van der Waals surface area contributed by atoms with E-state index in [1.165, 1.54) is 25.3 Å². The number of likely N-dealkylation sites (tertiary alicyclic amines) is 1. The molecule has 3 rings (SSSR count). The summed E-state index contributed by atoms with van der Waals surface area (Å²) in [5.41, 5.74) is 2.05. The summed E-state index contributed by atoms with van der Waals surface area (Å²) in [6.45, 7) is 3.00. The van der Waals surface area contributed by atoms with Crippen LogP contribution < -0.4 is 0 Å². The molecule has 0 aromatic heterocycles. The van der Waals surface area contributed by atoms with Crippen LogP contribution in [0.5, 0.6) is 0 Å². The molecule has 0 saturated carbocycles. The van der Waals surface area contributed by atoms with Gasteiger partial charge in [-0.25, -0.2) is 0 Å². The smallest absolute Gasteiger partial charge is 0.277 e. The van der Waals surface area contributed by atoms with Crippen LogP contribution in [0.2, 0.25) is 0 Å². The summed E-state index contributed by atoms with van der Waals surface area (Å²) in [5, 5.41) is 22.0. The van der Waals surface area contributed by atoms with Crippen LogP contribution >= 0.6 is 12.4 Å². The van der Waals surface area contributed by atoms with Crippen molar-refractivity contribution in [3.05, 3.63) is 64.2 Å². The number of piperidine rings is 1. The fourth-order valence-electron chi connectivity index (χ4n) is 3.42. The minimum Gasteiger partial charge on any atom is -0.388 e. The Morgan fingerprint density at radius 1 is 1.08 bits per heavy atom. The lowest BCUT2D eigenvalue weighted by molar-refractivity contribution is -0.384. The van der Waals surface area contributed by atoms with E-state index in [1.807, 2.05) is 30.3 Å². The second-order valence-electron chi connectivity index (χ2n) is 6.61. The highest BCUT2D eigenvalue weighted by Crippen LogP contribution is 2.33. The summed E-state index contributed by atoms with van der Waals surface area (Å²) >= 11 is 0. The monoisotopic (exact) mass is 376 g/mol. The van der Waals surface area contributed by atoms with Crippen molar-refractivity contribution in [2.45, 2.75) is 31.8 Å². The Balaban J connectivity index is 0.00000243. The number of hydrogen-bond donors (Lipinski definition) is 1. The summed E-state index contributed by atoms with van der Waals surface area (Å²) in [4.78, 5) is 13.5. The third-order valence-electron chi connectivity index (χ3n) is 4.86. The van der Waals surface area contributed by atoms with Gasteiger partial charge in [-0.1, -0.05) is 42.8 Å². The molecule has 0 amide bonds. The van der Waals surface area contributed by atoms with Crippen LogP contribution in [-0.2, 0) is 0 Å². The Morgan fingerprint density at radius 2 is 1.77 bits per heavy atom. The molecule has 1 unspecified atom stereocenters. The molecule has 1 N–H and O–H groups in total. The molecule has 0 bridgehead atoms. The number of aliphatic hydroxyl groups is 1. The van der Waals surface area contributed by atoms with E-state index in [-0.39, 0.29) is 23.0 Å². The number of nitrogens with zero attached hydrogens (tertiary/aromatic N) is 2. The quantitative estimate of drug-likeness (QED) is 0.591. The summed E-state index contributed by atoms with van der Waals surface area (Å²) in [6.07, 6.45) is 3.64. The number of aliphatic hydroxyl groups excluding tert-OH is 1. The van der Waals surface area contributed by atoms with Crippen molar-refractivity contribution in [2.75, 3.05) is 19.6 Å². The average Bonchev–Trinajstić information content (AvgIpc) is 2.67. The van der Waals surface area contributed by atoms with Crippen molar-refractivity contribution in [3.63, 3.8) is 0 Å². The van der Waals surface area contributed by atoms with Gasteiger partial charge in [0.25, 0.3) is 5.69 Å². The zero-order valence-corrected chi connectivity index (χ0v) is 15.5. The molecule has 1 saturated heterocycles. The molecule has 140 valence electrons. The maximum Gasteiger partial charge on any atom is 0.277 e. The van der Waals surface area contributed by atoms with E-state index in [0.29, 0.717) is 17.5 Å². The van der Waals surface area contributed by atoms with Crippen LogP contribution in [-0.4, -0.2) is 34.6 Å². The molecule has 26 heavy (non-hydrogen) atoms. The molecule has 2 aromatic carbocycles. The van der Waals surface area contributed by atoms with E-state index >= 15 is 0 Å². The normalized spacial score (nSPS) is 15.9. The lowest BCUT2D eigenvalue weighted by Gasteiger charge is -2.27. The molecule has 0 radical (unpaired) electrons. The van der Waals surface area contributed by atoms with Gasteiger partial charge in [0.1, 0.15) is 0 Å². The van der Waals surface area contributed by atoms with Crippen LogP contribution in [0.15, 0.2) is 48.5 Å². The molecule has 1 aliphatic rings. The van der Waals surface area contributed by atoms with Crippen molar-refractivity contribution in [2.24, 2.45) is 0 Å². The molecular weight excluding hydrogens is 352 g/mol. The Kier molecular flexibility index (Phi) is 7.57. The van der Waals surface area contributed by atoms with Gasteiger partial charge in [-0.2, -0.15) is 0 Å². The van der Waals surface area contributed by atoms with Gasteiger partial charge in [0.05, 0.1) is 16.6 Å². The number of nitro benzene ring substituents is 1. The molecule has 6 heteroatoms. The fourth-order valence-corrected chi connectivity index (χ4v) is 3.42. The molecular formula is C20H25ClN2O3. The van der Waals surface area contributed by atoms with Crippen LogP contribution in [0.1, 0.15) is 37.4 Å². The maximum atomic E-state index is 11.5. The van der Waals surface area contributed by atoms with Crippen LogP contribution in [0.25, 0.3) is 11.1 Å². The van der Waals surface area contributed by atoms with Crippen LogP contribution in [0, 0.1) is 10.1 Å². The molecule has 0 aliphatic carbocycles. The molecule has 5 nitrogen and oxygen atoms in total. The van der Waals surface area contributed by atoms with E-state index < -0.39 is 6.10 Å². The summed E-state index contributed by atoms with van der Waals surface area (Å²) < 4.78 is 0. The highest BCUT2D eigenvalue weighted by atomic mass is 35.5. The fraction of sp³-hybridized carbons (Fsp3) is 0.400. The zero-order chi connectivity index (χ0) is 17.6. The summed E-state index contributed by atoms with van der Waals surface area (Å²) in [7, 11) is 0. The minimum atomic E-state index is -0.676. The topological polar surface area (TPSA) is 66.6 Å². The first kappa shape index (κ1) is 20.4. The highest BCUT2D eigenvalue weighted by molar-refractivity contribution is 5.85. The van der Waals surface area contributed by atoms with Crippen molar-refractivity contribution >= 4 is 18.1 Å². The number of nitro groups is 1. The molecule has 0 spiro atoms. The average molecular weight is 377 g/mol. The van der Waals surface area contributed by atoms with Gasteiger partial charge < -0.3 is 10.0 Å².